The number of carbonyl (C=O) groups excluding carboxylic acids is 1. The number of nitrogens with one attached hydrogen (secondary N) is 2. The molecule has 2 N–H and O–H groups in total. The predicted molar refractivity (Wildman–Crippen MR) is 57.1 cm³/mol. The molecule has 0 atom stereocenters. The summed E-state index contributed by atoms with van der Waals surface area (Å²) >= 11 is 0. The van der Waals surface area contributed by atoms with Gasteiger partial charge >= 0.3 is 6.03 Å². The van der Waals surface area contributed by atoms with Crippen LogP contribution < -0.4 is 10.6 Å². The highest BCUT2D eigenvalue weighted by Gasteiger charge is 1.98. The summed E-state index contributed by atoms with van der Waals surface area (Å²) < 4.78 is 5.32. The van der Waals surface area contributed by atoms with Crippen molar-refractivity contribution in [1.29, 1.82) is 0 Å². The highest BCUT2D eigenvalue weighted by Crippen LogP contribution is 1.89. The minimum atomic E-state index is -0.206. The minimum absolute atomic E-state index is 0.206. The molecule has 0 radical (unpaired) electrons. The lowest BCUT2D eigenvalue weighted by atomic mass is 10.4. The SMILES string of the molecule is C=C(C)NC(=O)NCCCOC(C)C. The number of allylic oxidation sites excluding steroid dienone is 1. The van der Waals surface area contributed by atoms with Gasteiger partial charge in [-0.3, -0.25) is 0 Å². The molecular formula is C10H20N2O2. The fraction of sp³-hybridized carbons (Fsp3) is 0.700. The molecule has 0 unspecified atom stereocenters. The number of hydrogen-bond donors (Lipinski definition) is 2. The molecule has 0 aromatic heterocycles. The van der Waals surface area contributed by atoms with Crippen LogP contribution in [-0.2, 0) is 4.74 Å². The second kappa shape index (κ2) is 7.38. The van der Waals surface area contributed by atoms with Crippen molar-refractivity contribution < 1.29 is 9.53 Å². The van der Waals surface area contributed by atoms with Gasteiger partial charge in [-0.1, -0.05) is 6.58 Å². The van der Waals surface area contributed by atoms with Gasteiger partial charge in [0, 0.05) is 18.8 Å². The van der Waals surface area contributed by atoms with Gasteiger partial charge in [0.2, 0.25) is 0 Å². The fourth-order valence-electron chi connectivity index (χ4n) is 0.831. The first-order valence-electron chi connectivity index (χ1n) is 4.84. The average Bonchev–Trinajstić information content (AvgIpc) is 2.01. The second-order valence-corrected chi connectivity index (χ2v) is 3.43. The van der Waals surface area contributed by atoms with Crippen LogP contribution in [0.2, 0.25) is 0 Å². The van der Waals surface area contributed by atoms with Crippen molar-refractivity contribution in [2.45, 2.75) is 33.3 Å². The maximum absolute atomic E-state index is 11.0. The molecule has 82 valence electrons. The van der Waals surface area contributed by atoms with E-state index in [1.54, 1.807) is 6.92 Å². The quantitative estimate of drug-likeness (QED) is 0.640. The highest BCUT2D eigenvalue weighted by atomic mass is 16.5. The summed E-state index contributed by atoms with van der Waals surface area (Å²) in [6.45, 7) is 10.6. The molecule has 0 heterocycles. The van der Waals surface area contributed by atoms with Gasteiger partial charge < -0.3 is 15.4 Å². The van der Waals surface area contributed by atoms with E-state index >= 15 is 0 Å². The molecule has 0 bridgehead atoms. The summed E-state index contributed by atoms with van der Waals surface area (Å²) in [7, 11) is 0. The maximum atomic E-state index is 11.0. The van der Waals surface area contributed by atoms with E-state index < -0.39 is 0 Å². The normalized spacial score (nSPS) is 10.0. The Kier molecular flexibility index (Phi) is 6.84. The van der Waals surface area contributed by atoms with Crippen LogP contribution in [0.4, 0.5) is 4.79 Å². The van der Waals surface area contributed by atoms with Gasteiger partial charge in [0.25, 0.3) is 0 Å². The summed E-state index contributed by atoms with van der Waals surface area (Å²) in [4.78, 5) is 11.0. The summed E-state index contributed by atoms with van der Waals surface area (Å²) in [6.07, 6.45) is 1.07. The van der Waals surface area contributed by atoms with Crippen LogP contribution in [0.15, 0.2) is 12.3 Å². The van der Waals surface area contributed by atoms with Crippen molar-refractivity contribution in [3.05, 3.63) is 12.3 Å². The van der Waals surface area contributed by atoms with Crippen LogP contribution >= 0.6 is 0 Å². The smallest absolute Gasteiger partial charge is 0.318 e. The number of carbonyl (C=O) groups is 1. The largest absolute Gasteiger partial charge is 0.379 e. The molecule has 0 spiro atoms. The van der Waals surface area contributed by atoms with Crippen LogP contribution in [0.5, 0.6) is 0 Å². The standard InChI is InChI=1S/C10H20N2O2/c1-8(2)12-10(13)11-6-5-7-14-9(3)4/h9H,1,5-7H2,2-4H3,(H2,11,12,13). The Balaban J connectivity index is 3.27. The zero-order chi connectivity index (χ0) is 11.0. The zero-order valence-corrected chi connectivity index (χ0v) is 9.22. The monoisotopic (exact) mass is 200 g/mol. The first kappa shape index (κ1) is 13.0. The summed E-state index contributed by atoms with van der Waals surface area (Å²) in [6, 6.07) is -0.206. The lowest BCUT2D eigenvalue weighted by Crippen LogP contribution is -2.35. The Morgan fingerprint density at radius 2 is 2.14 bits per heavy atom. The number of amides is 2. The van der Waals surface area contributed by atoms with Gasteiger partial charge in [-0.2, -0.15) is 0 Å². The van der Waals surface area contributed by atoms with E-state index in [4.69, 9.17) is 4.74 Å². The number of urea groups is 1. The topological polar surface area (TPSA) is 50.4 Å². The Bertz CT molecular complexity index is 191. The van der Waals surface area contributed by atoms with Gasteiger partial charge in [0.15, 0.2) is 0 Å². The number of hydrogen-bond acceptors (Lipinski definition) is 2. The molecule has 0 aliphatic rings. The van der Waals surface area contributed by atoms with Crippen molar-refractivity contribution in [1.82, 2.24) is 10.6 Å². The van der Waals surface area contributed by atoms with Gasteiger partial charge in [-0.05, 0) is 27.2 Å². The van der Waals surface area contributed by atoms with Crippen LogP contribution in [0.25, 0.3) is 0 Å². The zero-order valence-electron chi connectivity index (χ0n) is 9.22. The van der Waals surface area contributed by atoms with E-state index in [2.05, 4.69) is 17.2 Å². The highest BCUT2D eigenvalue weighted by molar-refractivity contribution is 5.75. The van der Waals surface area contributed by atoms with E-state index in [0.29, 0.717) is 18.8 Å². The van der Waals surface area contributed by atoms with Crippen LogP contribution in [0.1, 0.15) is 27.2 Å². The number of ether oxygens (including phenoxy) is 1. The molecule has 0 aliphatic carbocycles. The third kappa shape index (κ3) is 9.06. The molecule has 0 aliphatic heterocycles. The Labute approximate surface area is 85.7 Å². The van der Waals surface area contributed by atoms with Gasteiger partial charge in [0.05, 0.1) is 6.10 Å². The van der Waals surface area contributed by atoms with E-state index in [1.807, 2.05) is 13.8 Å². The molecule has 0 saturated heterocycles. The third-order valence-electron chi connectivity index (χ3n) is 1.38. The Morgan fingerprint density at radius 1 is 1.50 bits per heavy atom. The van der Waals surface area contributed by atoms with Crippen molar-refractivity contribution in [2.75, 3.05) is 13.2 Å². The van der Waals surface area contributed by atoms with Gasteiger partial charge in [-0.15, -0.1) is 0 Å². The van der Waals surface area contributed by atoms with Crippen molar-refractivity contribution in [2.24, 2.45) is 0 Å². The molecule has 0 aromatic rings. The predicted octanol–water partition coefficient (Wildman–Crippen LogP) is 1.63. The first-order valence-corrected chi connectivity index (χ1v) is 4.84. The van der Waals surface area contributed by atoms with Crippen molar-refractivity contribution in [3.63, 3.8) is 0 Å². The first-order chi connectivity index (χ1) is 6.52. The minimum Gasteiger partial charge on any atom is -0.379 e. The van der Waals surface area contributed by atoms with Gasteiger partial charge in [-0.25, -0.2) is 4.79 Å². The molecule has 4 heteroatoms. The molecule has 14 heavy (non-hydrogen) atoms. The van der Waals surface area contributed by atoms with Crippen molar-refractivity contribution in [3.8, 4) is 0 Å². The van der Waals surface area contributed by atoms with Crippen LogP contribution in [0.3, 0.4) is 0 Å². The Hall–Kier alpha value is -1.03. The molecular weight excluding hydrogens is 180 g/mol. The third-order valence-corrected chi connectivity index (χ3v) is 1.38. The summed E-state index contributed by atoms with van der Waals surface area (Å²) in [5.41, 5.74) is 0.640. The van der Waals surface area contributed by atoms with E-state index in [0.717, 1.165) is 6.42 Å². The lowest BCUT2D eigenvalue weighted by Gasteiger charge is -2.08. The van der Waals surface area contributed by atoms with Crippen LogP contribution in [0, 0.1) is 0 Å². The number of rotatable bonds is 6. The Morgan fingerprint density at radius 3 is 2.64 bits per heavy atom. The second-order valence-electron chi connectivity index (χ2n) is 3.43. The molecule has 0 saturated carbocycles. The molecule has 2 amide bonds. The lowest BCUT2D eigenvalue weighted by molar-refractivity contribution is 0.0774. The molecule has 0 aromatic carbocycles. The van der Waals surface area contributed by atoms with Crippen molar-refractivity contribution >= 4 is 6.03 Å². The molecule has 0 rings (SSSR count). The summed E-state index contributed by atoms with van der Waals surface area (Å²) in [5, 5.41) is 5.25. The van der Waals surface area contributed by atoms with E-state index in [9.17, 15) is 4.79 Å². The maximum Gasteiger partial charge on any atom is 0.318 e. The van der Waals surface area contributed by atoms with Gasteiger partial charge in [0.1, 0.15) is 0 Å². The fourth-order valence-corrected chi connectivity index (χ4v) is 0.831. The van der Waals surface area contributed by atoms with E-state index in [1.165, 1.54) is 0 Å². The molecule has 0 fully saturated rings. The van der Waals surface area contributed by atoms with Crippen LogP contribution in [-0.4, -0.2) is 25.3 Å². The summed E-state index contributed by atoms with van der Waals surface area (Å²) in [5.74, 6) is 0. The average molecular weight is 200 g/mol. The van der Waals surface area contributed by atoms with E-state index in [-0.39, 0.29) is 12.1 Å². The molecule has 4 nitrogen and oxygen atoms in total.